The van der Waals surface area contributed by atoms with Gasteiger partial charge in [0.15, 0.2) is 0 Å². The maximum atomic E-state index is 13.4. The monoisotopic (exact) mass is 403 g/mol. The molecule has 7 nitrogen and oxygen atoms in total. The lowest BCUT2D eigenvalue weighted by atomic mass is 9.85. The number of amides is 1. The van der Waals surface area contributed by atoms with Crippen LogP contribution in [-0.4, -0.2) is 58.5 Å². The van der Waals surface area contributed by atoms with Crippen LogP contribution in [0.15, 0.2) is 29.8 Å². The van der Waals surface area contributed by atoms with Crippen molar-refractivity contribution < 1.29 is 19.4 Å². The zero-order valence-electron chi connectivity index (χ0n) is 16.7. The van der Waals surface area contributed by atoms with E-state index in [4.69, 9.17) is 4.74 Å². The number of likely N-dealkylation sites (N-methyl/N-ethyl adjacent to an activating group) is 1. The molecule has 28 heavy (non-hydrogen) atoms. The summed E-state index contributed by atoms with van der Waals surface area (Å²) in [6.45, 7) is 6.45. The highest BCUT2D eigenvalue weighted by molar-refractivity contribution is 7.09. The minimum atomic E-state index is -1.03. The number of carbonyl (C=O) groups is 2. The summed E-state index contributed by atoms with van der Waals surface area (Å²) < 4.78 is 5.51. The van der Waals surface area contributed by atoms with Crippen molar-refractivity contribution in [2.75, 3.05) is 20.7 Å². The van der Waals surface area contributed by atoms with Crippen LogP contribution in [0, 0.1) is 0 Å². The summed E-state index contributed by atoms with van der Waals surface area (Å²) in [5.41, 5.74) is 1.23. The third kappa shape index (κ3) is 3.62. The molecule has 1 fully saturated rings. The maximum Gasteiger partial charge on any atom is 0.327 e. The summed E-state index contributed by atoms with van der Waals surface area (Å²) in [7, 11) is 3.37. The van der Waals surface area contributed by atoms with E-state index in [2.05, 4.69) is 25.8 Å². The van der Waals surface area contributed by atoms with E-state index in [1.165, 1.54) is 16.2 Å². The molecular formula is C20H25N3O4S. The highest BCUT2D eigenvalue weighted by atomic mass is 32.1. The van der Waals surface area contributed by atoms with E-state index in [0.717, 1.165) is 5.56 Å². The van der Waals surface area contributed by atoms with Gasteiger partial charge in [0.2, 0.25) is 0 Å². The molecule has 1 aliphatic rings. The van der Waals surface area contributed by atoms with Crippen LogP contribution < -0.4 is 4.74 Å². The van der Waals surface area contributed by atoms with Crippen LogP contribution in [0.25, 0.3) is 0 Å². The Hall–Kier alpha value is -2.45. The molecule has 0 bridgehead atoms. The van der Waals surface area contributed by atoms with Gasteiger partial charge in [-0.05, 0) is 30.2 Å². The van der Waals surface area contributed by atoms with Crippen LogP contribution in [0.2, 0.25) is 0 Å². The second kappa shape index (κ2) is 7.52. The van der Waals surface area contributed by atoms with Crippen LogP contribution >= 0.6 is 11.3 Å². The van der Waals surface area contributed by atoms with E-state index in [-0.39, 0.29) is 17.9 Å². The van der Waals surface area contributed by atoms with E-state index in [9.17, 15) is 14.7 Å². The summed E-state index contributed by atoms with van der Waals surface area (Å²) in [4.78, 5) is 32.8. The topological polar surface area (TPSA) is 83.0 Å². The number of hydrogen-bond acceptors (Lipinski definition) is 6. The van der Waals surface area contributed by atoms with Crippen molar-refractivity contribution >= 4 is 23.2 Å². The van der Waals surface area contributed by atoms with Gasteiger partial charge in [0, 0.05) is 23.7 Å². The van der Waals surface area contributed by atoms with Crippen LogP contribution in [0.5, 0.6) is 5.75 Å². The molecule has 1 aromatic heterocycles. The lowest BCUT2D eigenvalue weighted by Crippen LogP contribution is -2.43. The fourth-order valence-electron chi connectivity index (χ4n) is 3.56. The minimum Gasteiger partial charge on any atom is -0.496 e. The zero-order chi connectivity index (χ0) is 20.6. The van der Waals surface area contributed by atoms with Gasteiger partial charge in [-0.25, -0.2) is 9.78 Å². The molecule has 8 heteroatoms. The molecule has 0 saturated carbocycles. The third-order valence-electron chi connectivity index (χ3n) is 4.93. The smallest absolute Gasteiger partial charge is 0.327 e. The van der Waals surface area contributed by atoms with Crippen molar-refractivity contribution in [2.24, 2.45) is 0 Å². The molecular weight excluding hydrogens is 378 g/mol. The first-order valence-corrected chi connectivity index (χ1v) is 9.86. The standard InChI is InChI=1S/C20H25N3O4S/c1-20(2,3)13-7-6-12(10-15(13)27-5)18(24)23-14(19(25)26)11-22(4)17(23)16-21-8-9-28-16/h6-10,14,17H,11H2,1-5H3,(H,25,26). The predicted octanol–water partition coefficient (Wildman–Crippen LogP) is 2.99. The number of methoxy groups -OCH3 is 1. The van der Waals surface area contributed by atoms with Crippen LogP contribution in [0.4, 0.5) is 0 Å². The molecule has 1 amide bonds. The molecule has 0 radical (unpaired) electrons. The van der Waals surface area contributed by atoms with Gasteiger partial charge < -0.3 is 14.7 Å². The number of carboxylic acids is 1. The first-order valence-electron chi connectivity index (χ1n) is 8.98. The molecule has 0 spiro atoms. The Morgan fingerprint density at radius 2 is 2.04 bits per heavy atom. The molecule has 1 saturated heterocycles. The lowest BCUT2D eigenvalue weighted by Gasteiger charge is -2.29. The van der Waals surface area contributed by atoms with E-state index in [0.29, 0.717) is 16.3 Å². The number of carboxylic acid groups (broad SMARTS) is 1. The Labute approximate surface area is 168 Å². The SMILES string of the molecule is COc1cc(C(=O)N2C(C(=O)O)CN(C)C2c2nccs2)ccc1C(C)(C)C. The summed E-state index contributed by atoms with van der Waals surface area (Å²) in [6, 6.07) is 4.36. The molecule has 1 aliphatic heterocycles. The summed E-state index contributed by atoms with van der Waals surface area (Å²) in [6.07, 6.45) is 1.15. The lowest BCUT2D eigenvalue weighted by molar-refractivity contribution is -0.141. The summed E-state index contributed by atoms with van der Waals surface area (Å²) >= 11 is 1.40. The Morgan fingerprint density at radius 1 is 1.32 bits per heavy atom. The predicted molar refractivity (Wildman–Crippen MR) is 107 cm³/mol. The quantitative estimate of drug-likeness (QED) is 0.845. The number of nitrogens with zero attached hydrogens (tertiary/aromatic N) is 3. The van der Waals surface area contributed by atoms with Crippen molar-refractivity contribution in [3.8, 4) is 5.75 Å². The van der Waals surface area contributed by atoms with Crippen LogP contribution in [0.3, 0.4) is 0 Å². The molecule has 2 heterocycles. The average Bonchev–Trinajstić information content (AvgIpc) is 3.26. The summed E-state index contributed by atoms with van der Waals surface area (Å²) in [5, 5.41) is 12.2. The third-order valence-corrected chi connectivity index (χ3v) is 5.74. The average molecular weight is 404 g/mol. The molecule has 2 unspecified atom stereocenters. The second-order valence-electron chi connectivity index (χ2n) is 7.92. The summed E-state index contributed by atoms with van der Waals surface area (Å²) in [5.74, 6) is -0.767. The molecule has 2 atom stereocenters. The van der Waals surface area contributed by atoms with Gasteiger partial charge in [-0.3, -0.25) is 9.69 Å². The van der Waals surface area contributed by atoms with E-state index in [1.54, 1.807) is 32.5 Å². The number of carbonyl (C=O) groups excluding carboxylic acids is 1. The van der Waals surface area contributed by atoms with E-state index >= 15 is 0 Å². The number of aromatic nitrogens is 1. The largest absolute Gasteiger partial charge is 0.496 e. The van der Waals surface area contributed by atoms with Gasteiger partial charge in [-0.15, -0.1) is 11.3 Å². The fraction of sp³-hybridized carbons (Fsp3) is 0.450. The number of ether oxygens (including phenoxy) is 1. The minimum absolute atomic E-state index is 0.145. The first kappa shape index (κ1) is 20.3. The number of benzene rings is 1. The maximum absolute atomic E-state index is 13.4. The molecule has 1 N–H and O–H groups in total. The zero-order valence-corrected chi connectivity index (χ0v) is 17.5. The van der Waals surface area contributed by atoms with Gasteiger partial charge >= 0.3 is 5.97 Å². The molecule has 150 valence electrons. The van der Waals surface area contributed by atoms with Crippen LogP contribution in [0.1, 0.15) is 47.9 Å². The van der Waals surface area contributed by atoms with Gasteiger partial charge in [0.05, 0.1) is 7.11 Å². The van der Waals surface area contributed by atoms with Crippen molar-refractivity contribution in [3.05, 3.63) is 45.9 Å². The van der Waals surface area contributed by atoms with Crippen LogP contribution in [-0.2, 0) is 10.2 Å². The van der Waals surface area contributed by atoms with Crippen molar-refractivity contribution in [1.29, 1.82) is 0 Å². The Bertz CT molecular complexity index is 876. The number of rotatable bonds is 4. The Kier molecular flexibility index (Phi) is 5.45. The number of aliphatic carboxylic acids is 1. The van der Waals surface area contributed by atoms with Gasteiger partial charge in [0.25, 0.3) is 5.91 Å². The van der Waals surface area contributed by atoms with Crippen molar-refractivity contribution in [3.63, 3.8) is 0 Å². The Morgan fingerprint density at radius 3 is 2.57 bits per heavy atom. The molecule has 3 rings (SSSR count). The number of thiazole rings is 1. The van der Waals surface area contributed by atoms with E-state index < -0.39 is 18.2 Å². The normalized spacial score (nSPS) is 20.4. The van der Waals surface area contributed by atoms with Gasteiger partial charge in [0.1, 0.15) is 23.0 Å². The van der Waals surface area contributed by atoms with Gasteiger partial charge in [-0.1, -0.05) is 26.8 Å². The van der Waals surface area contributed by atoms with Crippen molar-refractivity contribution in [2.45, 2.75) is 38.4 Å². The highest BCUT2D eigenvalue weighted by Crippen LogP contribution is 2.37. The number of hydrogen-bond donors (Lipinski definition) is 1. The molecule has 0 aliphatic carbocycles. The van der Waals surface area contributed by atoms with E-state index in [1.807, 2.05) is 16.3 Å². The Balaban J connectivity index is 2.04. The first-order chi connectivity index (χ1) is 13.1. The molecule has 2 aromatic rings. The molecule has 1 aromatic carbocycles. The van der Waals surface area contributed by atoms with Gasteiger partial charge in [-0.2, -0.15) is 0 Å². The van der Waals surface area contributed by atoms with Crippen molar-refractivity contribution in [1.82, 2.24) is 14.8 Å². The fourth-order valence-corrected chi connectivity index (χ4v) is 4.35. The second-order valence-corrected chi connectivity index (χ2v) is 8.84. The highest BCUT2D eigenvalue weighted by Gasteiger charge is 2.46.